The lowest BCUT2D eigenvalue weighted by Crippen LogP contribution is -2.47. The normalized spacial score (nSPS) is 23.4. The van der Waals surface area contributed by atoms with Crippen molar-refractivity contribution in [1.29, 1.82) is 0 Å². The van der Waals surface area contributed by atoms with Gasteiger partial charge in [-0.15, -0.1) is 0 Å². The van der Waals surface area contributed by atoms with Crippen LogP contribution in [-0.4, -0.2) is 61.3 Å². The lowest BCUT2D eigenvalue weighted by Gasteiger charge is -2.32. The number of rotatable bonds is 4. The van der Waals surface area contributed by atoms with Gasteiger partial charge in [0.05, 0.1) is 18.1 Å². The van der Waals surface area contributed by atoms with E-state index in [4.69, 9.17) is 0 Å². The van der Waals surface area contributed by atoms with Crippen LogP contribution in [0.5, 0.6) is 0 Å². The largest absolute Gasteiger partial charge is 0.338 e. The topological polar surface area (TPSA) is 57.7 Å². The smallest absolute Gasteiger partial charge is 0.237 e. The fraction of sp³-hybridized carbons (Fsp3) is 0.588. The first-order valence-electron chi connectivity index (χ1n) is 8.27. The highest BCUT2D eigenvalue weighted by molar-refractivity contribution is 7.91. The Kier molecular flexibility index (Phi) is 4.73. The van der Waals surface area contributed by atoms with Gasteiger partial charge >= 0.3 is 0 Å². The van der Waals surface area contributed by atoms with Crippen LogP contribution in [0, 0.1) is 0 Å². The van der Waals surface area contributed by atoms with E-state index in [9.17, 15) is 13.2 Å². The van der Waals surface area contributed by atoms with Crippen LogP contribution in [0.25, 0.3) is 0 Å². The third-order valence-electron chi connectivity index (χ3n) is 4.88. The van der Waals surface area contributed by atoms with Crippen molar-refractivity contribution in [3.8, 4) is 0 Å². The Bertz CT molecular complexity index is 687. The van der Waals surface area contributed by atoms with E-state index in [1.165, 1.54) is 11.1 Å². The van der Waals surface area contributed by atoms with Gasteiger partial charge in [-0.2, -0.15) is 0 Å². The average molecular weight is 336 g/mol. The van der Waals surface area contributed by atoms with Crippen LogP contribution in [-0.2, 0) is 27.6 Å². The minimum atomic E-state index is -2.96. The Morgan fingerprint density at radius 1 is 1.30 bits per heavy atom. The Morgan fingerprint density at radius 3 is 2.70 bits per heavy atom. The first kappa shape index (κ1) is 16.5. The maximum atomic E-state index is 12.6. The Morgan fingerprint density at radius 2 is 2.04 bits per heavy atom. The van der Waals surface area contributed by atoms with E-state index in [0.717, 1.165) is 19.5 Å². The third-order valence-corrected chi connectivity index (χ3v) is 6.63. The van der Waals surface area contributed by atoms with Crippen LogP contribution in [0.4, 0.5) is 0 Å². The molecule has 1 amide bonds. The molecule has 3 rings (SSSR count). The van der Waals surface area contributed by atoms with Crippen LogP contribution < -0.4 is 0 Å². The molecule has 2 aliphatic heterocycles. The molecule has 1 aromatic rings. The summed E-state index contributed by atoms with van der Waals surface area (Å²) in [4.78, 5) is 16.6. The predicted octanol–water partition coefficient (Wildman–Crippen LogP) is 1.08. The summed E-state index contributed by atoms with van der Waals surface area (Å²) < 4.78 is 23.3. The number of carbonyl (C=O) groups excluding carboxylic acids is 1. The maximum Gasteiger partial charge on any atom is 0.237 e. The quantitative estimate of drug-likeness (QED) is 0.826. The van der Waals surface area contributed by atoms with E-state index in [-0.39, 0.29) is 23.5 Å². The molecule has 5 nitrogen and oxygen atoms in total. The first-order valence-corrected chi connectivity index (χ1v) is 10.1. The Balaban J connectivity index is 1.62. The van der Waals surface area contributed by atoms with Crippen LogP contribution in [0.3, 0.4) is 0 Å². The van der Waals surface area contributed by atoms with Gasteiger partial charge in [0.1, 0.15) is 0 Å². The molecular weight excluding hydrogens is 312 g/mol. The predicted molar refractivity (Wildman–Crippen MR) is 89.9 cm³/mol. The summed E-state index contributed by atoms with van der Waals surface area (Å²) >= 11 is 0. The summed E-state index contributed by atoms with van der Waals surface area (Å²) in [6.45, 7) is 4.54. The second-order valence-electron chi connectivity index (χ2n) is 6.47. The maximum absolute atomic E-state index is 12.6. The van der Waals surface area contributed by atoms with Crippen molar-refractivity contribution < 1.29 is 13.2 Å². The second kappa shape index (κ2) is 6.61. The van der Waals surface area contributed by atoms with E-state index in [2.05, 4.69) is 23.1 Å². The molecule has 126 valence electrons. The molecule has 6 heteroatoms. The average Bonchev–Trinajstić information content (AvgIpc) is 2.87. The van der Waals surface area contributed by atoms with Crippen molar-refractivity contribution in [2.45, 2.75) is 32.4 Å². The molecule has 0 saturated carbocycles. The van der Waals surface area contributed by atoms with E-state index >= 15 is 0 Å². The highest BCUT2D eigenvalue weighted by Gasteiger charge is 2.34. The third kappa shape index (κ3) is 3.75. The molecule has 23 heavy (non-hydrogen) atoms. The van der Waals surface area contributed by atoms with Crippen molar-refractivity contribution >= 4 is 15.7 Å². The summed E-state index contributed by atoms with van der Waals surface area (Å²) in [6.07, 6.45) is 1.54. The van der Waals surface area contributed by atoms with Crippen LogP contribution >= 0.6 is 0 Å². The molecular formula is C17H24N2O3S. The zero-order chi connectivity index (χ0) is 16.4. The standard InChI is InChI=1S/C17H24N2O3S/c1-2-19(16-8-10-23(21,22)13-16)17(20)12-18-9-7-14-5-3-4-6-15(14)11-18/h3-6,16H,2,7-13H2,1H3. The lowest BCUT2D eigenvalue weighted by molar-refractivity contribution is -0.134. The van der Waals surface area contributed by atoms with Crippen molar-refractivity contribution in [3.63, 3.8) is 0 Å². The molecule has 2 aliphatic rings. The summed E-state index contributed by atoms with van der Waals surface area (Å²) in [7, 11) is -2.96. The number of likely N-dealkylation sites (N-methyl/N-ethyl adjacent to an activating group) is 1. The number of sulfone groups is 1. The number of carbonyl (C=O) groups is 1. The zero-order valence-corrected chi connectivity index (χ0v) is 14.4. The fourth-order valence-corrected chi connectivity index (χ4v) is 5.36. The lowest BCUT2D eigenvalue weighted by atomic mass is 10.00. The molecule has 0 aromatic heterocycles. The summed E-state index contributed by atoms with van der Waals surface area (Å²) in [5.74, 6) is 0.377. The number of hydrogen-bond acceptors (Lipinski definition) is 4. The Labute approximate surface area is 138 Å². The molecule has 1 saturated heterocycles. The number of fused-ring (bicyclic) bond motifs is 1. The van der Waals surface area contributed by atoms with Crippen LogP contribution in [0.15, 0.2) is 24.3 Å². The van der Waals surface area contributed by atoms with Gasteiger partial charge in [0, 0.05) is 25.7 Å². The minimum Gasteiger partial charge on any atom is -0.338 e. The molecule has 0 radical (unpaired) electrons. The minimum absolute atomic E-state index is 0.0500. The van der Waals surface area contributed by atoms with Gasteiger partial charge in [-0.05, 0) is 30.9 Å². The molecule has 0 N–H and O–H groups in total. The van der Waals surface area contributed by atoms with Crippen LogP contribution in [0.2, 0.25) is 0 Å². The number of amides is 1. The molecule has 0 bridgehead atoms. The van der Waals surface area contributed by atoms with Gasteiger partial charge in [-0.1, -0.05) is 24.3 Å². The number of hydrogen-bond donors (Lipinski definition) is 0. The van der Waals surface area contributed by atoms with Gasteiger partial charge in [-0.3, -0.25) is 9.69 Å². The van der Waals surface area contributed by atoms with Gasteiger partial charge in [0.25, 0.3) is 0 Å². The van der Waals surface area contributed by atoms with E-state index in [0.29, 0.717) is 19.5 Å². The van der Waals surface area contributed by atoms with Gasteiger partial charge in [0.15, 0.2) is 9.84 Å². The summed E-state index contributed by atoms with van der Waals surface area (Å²) in [6, 6.07) is 8.21. The highest BCUT2D eigenvalue weighted by atomic mass is 32.2. The summed E-state index contributed by atoms with van der Waals surface area (Å²) in [5.41, 5.74) is 2.66. The van der Waals surface area contributed by atoms with E-state index in [1.807, 2.05) is 13.0 Å². The highest BCUT2D eigenvalue weighted by Crippen LogP contribution is 2.20. The number of benzene rings is 1. The van der Waals surface area contributed by atoms with Crippen LogP contribution in [0.1, 0.15) is 24.5 Å². The SMILES string of the molecule is CCN(C(=O)CN1CCc2ccccc2C1)C1CCS(=O)(=O)C1. The van der Waals surface area contributed by atoms with Gasteiger partial charge in [0.2, 0.25) is 5.91 Å². The molecule has 2 heterocycles. The first-order chi connectivity index (χ1) is 11.0. The molecule has 1 unspecified atom stereocenters. The second-order valence-corrected chi connectivity index (χ2v) is 8.69. The molecule has 1 atom stereocenters. The van der Waals surface area contributed by atoms with Crippen molar-refractivity contribution in [3.05, 3.63) is 35.4 Å². The molecule has 1 aromatic carbocycles. The van der Waals surface area contributed by atoms with Crippen molar-refractivity contribution in [1.82, 2.24) is 9.80 Å². The van der Waals surface area contributed by atoms with Gasteiger partial charge in [-0.25, -0.2) is 8.42 Å². The number of nitrogens with zero attached hydrogens (tertiary/aromatic N) is 2. The van der Waals surface area contributed by atoms with Gasteiger partial charge < -0.3 is 4.90 Å². The van der Waals surface area contributed by atoms with E-state index < -0.39 is 9.84 Å². The monoisotopic (exact) mass is 336 g/mol. The molecule has 0 aliphatic carbocycles. The molecule has 1 fully saturated rings. The van der Waals surface area contributed by atoms with Crippen molar-refractivity contribution in [2.24, 2.45) is 0 Å². The zero-order valence-electron chi connectivity index (χ0n) is 13.6. The Hall–Kier alpha value is -1.40. The van der Waals surface area contributed by atoms with E-state index in [1.54, 1.807) is 4.90 Å². The molecule has 0 spiro atoms. The van der Waals surface area contributed by atoms with Crippen molar-refractivity contribution in [2.75, 3.05) is 31.1 Å². The fourth-order valence-electron chi connectivity index (χ4n) is 3.63. The summed E-state index contributed by atoms with van der Waals surface area (Å²) in [5, 5.41) is 0.